The number of carboxylic acid groups (broad SMARTS) is 1. The van der Waals surface area contributed by atoms with Gasteiger partial charge in [-0.25, -0.2) is 0 Å². The van der Waals surface area contributed by atoms with Gasteiger partial charge < -0.3 is 5.11 Å². The lowest BCUT2D eigenvalue weighted by Gasteiger charge is -2.12. The van der Waals surface area contributed by atoms with Crippen LogP contribution in [0.15, 0.2) is 0 Å². The van der Waals surface area contributed by atoms with Crippen molar-refractivity contribution in [3.05, 3.63) is 0 Å². The molecule has 2 heteroatoms. The van der Waals surface area contributed by atoms with Gasteiger partial charge >= 0.3 is 5.97 Å². The molecule has 1 N–H and O–H groups in total. The molecule has 0 radical (unpaired) electrons. The standard InChI is InChI=1S/C10H16O2/c11-10(12)6-5-9-7-1-2-8(9)4-3-7/h7-9H,1-6H2,(H,11,12). The molecule has 2 fully saturated rings. The zero-order chi connectivity index (χ0) is 8.55. The van der Waals surface area contributed by atoms with Gasteiger partial charge in [0.1, 0.15) is 0 Å². The van der Waals surface area contributed by atoms with Crippen molar-refractivity contribution in [2.45, 2.75) is 38.5 Å². The maximum atomic E-state index is 10.4. The summed E-state index contributed by atoms with van der Waals surface area (Å²) < 4.78 is 0. The summed E-state index contributed by atoms with van der Waals surface area (Å²) in [6.07, 6.45) is 6.80. The summed E-state index contributed by atoms with van der Waals surface area (Å²) in [5.74, 6) is 1.91. The van der Waals surface area contributed by atoms with Gasteiger partial charge in [-0.15, -0.1) is 0 Å². The maximum absolute atomic E-state index is 10.4. The minimum absolute atomic E-state index is 0.387. The lowest BCUT2D eigenvalue weighted by atomic mass is 9.93. The van der Waals surface area contributed by atoms with Crippen LogP contribution in [0.3, 0.4) is 0 Å². The van der Waals surface area contributed by atoms with Crippen LogP contribution >= 0.6 is 0 Å². The van der Waals surface area contributed by atoms with Crippen LogP contribution in [0.5, 0.6) is 0 Å². The molecule has 2 rings (SSSR count). The van der Waals surface area contributed by atoms with Crippen molar-refractivity contribution in [3.63, 3.8) is 0 Å². The van der Waals surface area contributed by atoms with E-state index in [1.54, 1.807) is 0 Å². The Morgan fingerprint density at radius 3 is 2.08 bits per heavy atom. The summed E-state index contributed by atoms with van der Waals surface area (Å²) in [5.41, 5.74) is 0. The van der Waals surface area contributed by atoms with Crippen LogP contribution in [-0.2, 0) is 4.79 Å². The zero-order valence-corrected chi connectivity index (χ0v) is 7.33. The maximum Gasteiger partial charge on any atom is 0.303 e. The highest BCUT2D eigenvalue weighted by Crippen LogP contribution is 2.50. The Hall–Kier alpha value is -0.530. The number of hydrogen-bond donors (Lipinski definition) is 1. The Morgan fingerprint density at radius 2 is 1.67 bits per heavy atom. The van der Waals surface area contributed by atoms with Crippen molar-refractivity contribution in [1.29, 1.82) is 0 Å². The predicted octanol–water partition coefficient (Wildman–Crippen LogP) is 2.29. The molecule has 2 aliphatic carbocycles. The monoisotopic (exact) mass is 168 g/mol. The highest BCUT2D eigenvalue weighted by molar-refractivity contribution is 5.66. The van der Waals surface area contributed by atoms with Crippen molar-refractivity contribution in [3.8, 4) is 0 Å². The molecule has 0 aliphatic heterocycles. The summed E-state index contributed by atoms with van der Waals surface area (Å²) in [6.45, 7) is 0. The minimum atomic E-state index is -0.624. The Labute approximate surface area is 73.0 Å². The second-order valence-electron chi connectivity index (χ2n) is 4.27. The number of fused-ring (bicyclic) bond motifs is 2. The molecule has 0 heterocycles. The molecule has 2 saturated carbocycles. The Balaban J connectivity index is 1.85. The third-order valence-corrected chi connectivity index (χ3v) is 3.72. The summed E-state index contributed by atoms with van der Waals surface area (Å²) >= 11 is 0. The molecule has 12 heavy (non-hydrogen) atoms. The molecule has 68 valence electrons. The fourth-order valence-electron chi connectivity index (χ4n) is 3.15. The summed E-state index contributed by atoms with van der Waals surface area (Å²) in [7, 11) is 0. The average Bonchev–Trinajstić information content (AvgIpc) is 2.59. The van der Waals surface area contributed by atoms with E-state index in [1.807, 2.05) is 0 Å². The van der Waals surface area contributed by atoms with Crippen LogP contribution in [-0.4, -0.2) is 11.1 Å². The molecule has 0 spiro atoms. The van der Waals surface area contributed by atoms with Gasteiger partial charge in [-0.05, 0) is 49.9 Å². The first-order valence-corrected chi connectivity index (χ1v) is 4.99. The van der Waals surface area contributed by atoms with Crippen LogP contribution in [0.4, 0.5) is 0 Å². The van der Waals surface area contributed by atoms with Crippen molar-refractivity contribution in [2.75, 3.05) is 0 Å². The SMILES string of the molecule is O=C(O)CCC1C2CCC1CC2. The Morgan fingerprint density at radius 1 is 1.17 bits per heavy atom. The molecule has 2 aliphatic rings. The van der Waals surface area contributed by atoms with E-state index in [0.29, 0.717) is 6.42 Å². The number of hydrogen-bond acceptors (Lipinski definition) is 1. The first kappa shape index (κ1) is 8.09. The summed E-state index contributed by atoms with van der Waals surface area (Å²) in [4.78, 5) is 10.4. The zero-order valence-electron chi connectivity index (χ0n) is 7.33. The van der Waals surface area contributed by atoms with E-state index in [2.05, 4.69) is 0 Å². The first-order valence-electron chi connectivity index (χ1n) is 4.99. The smallest absolute Gasteiger partial charge is 0.303 e. The van der Waals surface area contributed by atoms with Gasteiger partial charge in [-0.3, -0.25) is 4.79 Å². The number of carboxylic acids is 1. The van der Waals surface area contributed by atoms with E-state index in [0.717, 1.165) is 24.2 Å². The lowest BCUT2D eigenvalue weighted by molar-refractivity contribution is -0.137. The highest BCUT2D eigenvalue weighted by atomic mass is 16.4. The van der Waals surface area contributed by atoms with Crippen LogP contribution < -0.4 is 0 Å². The van der Waals surface area contributed by atoms with Gasteiger partial charge in [0.2, 0.25) is 0 Å². The van der Waals surface area contributed by atoms with Gasteiger partial charge in [-0.1, -0.05) is 0 Å². The average molecular weight is 168 g/mol. The molecule has 0 saturated heterocycles. The van der Waals surface area contributed by atoms with E-state index < -0.39 is 5.97 Å². The summed E-state index contributed by atoms with van der Waals surface area (Å²) in [5, 5.41) is 8.57. The Bertz CT molecular complexity index is 168. The largest absolute Gasteiger partial charge is 0.481 e. The minimum Gasteiger partial charge on any atom is -0.481 e. The fraction of sp³-hybridized carbons (Fsp3) is 0.900. The number of carbonyl (C=O) groups is 1. The van der Waals surface area contributed by atoms with Gasteiger partial charge in [-0.2, -0.15) is 0 Å². The Kier molecular flexibility index (Phi) is 2.07. The van der Waals surface area contributed by atoms with Gasteiger partial charge in [0.15, 0.2) is 0 Å². The molecular formula is C10H16O2. The highest BCUT2D eigenvalue weighted by Gasteiger charge is 2.40. The molecule has 2 nitrogen and oxygen atoms in total. The molecule has 0 amide bonds. The van der Waals surface area contributed by atoms with Gasteiger partial charge in [0.25, 0.3) is 0 Å². The quantitative estimate of drug-likeness (QED) is 0.702. The molecule has 0 aromatic heterocycles. The van der Waals surface area contributed by atoms with Crippen LogP contribution in [0.25, 0.3) is 0 Å². The molecule has 0 aromatic rings. The van der Waals surface area contributed by atoms with E-state index >= 15 is 0 Å². The summed E-state index contributed by atoms with van der Waals surface area (Å²) in [6, 6.07) is 0. The molecular weight excluding hydrogens is 152 g/mol. The van der Waals surface area contributed by atoms with E-state index in [1.165, 1.54) is 25.7 Å². The normalized spacial score (nSPS) is 38.8. The lowest BCUT2D eigenvalue weighted by Crippen LogP contribution is -2.08. The van der Waals surface area contributed by atoms with Crippen molar-refractivity contribution < 1.29 is 9.90 Å². The second kappa shape index (κ2) is 3.08. The van der Waals surface area contributed by atoms with Gasteiger partial charge in [0, 0.05) is 6.42 Å². The number of rotatable bonds is 3. The van der Waals surface area contributed by atoms with Crippen molar-refractivity contribution >= 4 is 5.97 Å². The van der Waals surface area contributed by atoms with Crippen LogP contribution in [0.1, 0.15) is 38.5 Å². The van der Waals surface area contributed by atoms with Crippen LogP contribution in [0.2, 0.25) is 0 Å². The molecule has 0 unspecified atom stereocenters. The second-order valence-corrected chi connectivity index (χ2v) is 4.27. The van der Waals surface area contributed by atoms with E-state index in [-0.39, 0.29) is 0 Å². The first-order chi connectivity index (χ1) is 5.77. The van der Waals surface area contributed by atoms with E-state index in [9.17, 15) is 4.79 Å². The predicted molar refractivity (Wildman–Crippen MR) is 45.8 cm³/mol. The van der Waals surface area contributed by atoms with Crippen molar-refractivity contribution in [2.24, 2.45) is 17.8 Å². The third kappa shape index (κ3) is 1.35. The molecule has 0 atom stereocenters. The molecule has 0 aromatic carbocycles. The third-order valence-electron chi connectivity index (χ3n) is 3.72. The van der Waals surface area contributed by atoms with Gasteiger partial charge in [0.05, 0.1) is 0 Å². The van der Waals surface area contributed by atoms with E-state index in [4.69, 9.17) is 5.11 Å². The fourth-order valence-corrected chi connectivity index (χ4v) is 3.15. The van der Waals surface area contributed by atoms with Crippen LogP contribution in [0, 0.1) is 17.8 Å². The number of aliphatic carboxylic acids is 1. The topological polar surface area (TPSA) is 37.3 Å². The van der Waals surface area contributed by atoms with Crippen molar-refractivity contribution in [1.82, 2.24) is 0 Å². The molecule has 2 bridgehead atoms.